The summed E-state index contributed by atoms with van der Waals surface area (Å²) in [5, 5.41) is 20.2. The van der Waals surface area contributed by atoms with Crippen LogP contribution in [0.5, 0.6) is 23.0 Å². The zero-order chi connectivity index (χ0) is 18.4. The molecule has 1 heterocycles. The monoisotopic (exact) mass is 356 g/mol. The van der Waals surface area contributed by atoms with Gasteiger partial charge in [-0.1, -0.05) is 6.07 Å². The minimum Gasteiger partial charge on any atom is -0.504 e. The van der Waals surface area contributed by atoms with Gasteiger partial charge in [0.1, 0.15) is 0 Å². The SMILES string of the molecule is COc1cc([C@H]2c3cc(O)c(OC)cc3CC3C(=O)OCC32)ccc1O. The summed E-state index contributed by atoms with van der Waals surface area (Å²) in [6.45, 7) is 0.337. The van der Waals surface area contributed by atoms with E-state index < -0.39 is 0 Å². The molecule has 0 aromatic heterocycles. The molecule has 0 radical (unpaired) electrons. The van der Waals surface area contributed by atoms with Crippen LogP contribution in [0.1, 0.15) is 22.6 Å². The highest BCUT2D eigenvalue weighted by Gasteiger charge is 2.47. The van der Waals surface area contributed by atoms with Crippen LogP contribution in [-0.2, 0) is 16.0 Å². The largest absolute Gasteiger partial charge is 0.504 e. The van der Waals surface area contributed by atoms with Crippen LogP contribution in [0.25, 0.3) is 0 Å². The van der Waals surface area contributed by atoms with Gasteiger partial charge in [0.2, 0.25) is 0 Å². The number of carbonyl (C=O) groups is 1. The maximum atomic E-state index is 12.2. The summed E-state index contributed by atoms with van der Waals surface area (Å²) < 4.78 is 15.8. The van der Waals surface area contributed by atoms with Crippen molar-refractivity contribution in [3.8, 4) is 23.0 Å². The molecule has 3 atom stereocenters. The lowest BCUT2D eigenvalue weighted by Crippen LogP contribution is -2.31. The second kappa shape index (κ2) is 6.12. The smallest absolute Gasteiger partial charge is 0.309 e. The number of fused-ring (bicyclic) bond motifs is 2. The third-order valence-electron chi connectivity index (χ3n) is 5.44. The minimum absolute atomic E-state index is 0.0305. The van der Waals surface area contributed by atoms with E-state index in [9.17, 15) is 15.0 Å². The van der Waals surface area contributed by atoms with Gasteiger partial charge in [0.05, 0.1) is 26.7 Å². The van der Waals surface area contributed by atoms with Crippen molar-refractivity contribution in [3.63, 3.8) is 0 Å². The maximum absolute atomic E-state index is 12.2. The fourth-order valence-electron chi connectivity index (χ4n) is 4.18. The van der Waals surface area contributed by atoms with Gasteiger partial charge >= 0.3 is 5.97 Å². The number of phenols is 2. The van der Waals surface area contributed by atoms with Crippen LogP contribution in [0, 0.1) is 11.8 Å². The molecule has 26 heavy (non-hydrogen) atoms. The lowest BCUT2D eigenvalue weighted by molar-refractivity contribution is -0.141. The van der Waals surface area contributed by atoms with Gasteiger partial charge in [-0.15, -0.1) is 0 Å². The van der Waals surface area contributed by atoms with Gasteiger partial charge in [-0.3, -0.25) is 4.79 Å². The van der Waals surface area contributed by atoms with Crippen molar-refractivity contribution in [1.29, 1.82) is 0 Å². The van der Waals surface area contributed by atoms with E-state index >= 15 is 0 Å². The molecule has 0 spiro atoms. The van der Waals surface area contributed by atoms with E-state index in [4.69, 9.17) is 14.2 Å². The van der Waals surface area contributed by atoms with E-state index in [1.807, 2.05) is 6.07 Å². The van der Waals surface area contributed by atoms with Crippen LogP contribution in [-0.4, -0.2) is 37.0 Å². The number of rotatable bonds is 3. The van der Waals surface area contributed by atoms with Crippen molar-refractivity contribution < 1.29 is 29.2 Å². The Bertz CT molecular complexity index is 875. The molecular weight excluding hydrogens is 336 g/mol. The average molecular weight is 356 g/mol. The van der Waals surface area contributed by atoms with Crippen LogP contribution in [0.2, 0.25) is 0 Å². The Kier molecular flexibility index (Phi) is 3.90. The molecule has 0 amide bonds. The number of hydrogen-bond donors (Lipinski definition) is 2. The highest BCUT2D eigenvalue weighted by Crippen LogP contribution is 2.50. The third-order valence-corrected chi connectivity index (χ3v) is 5.44. The topological polar surface area (TPSA) is 85.2 Å². The number of phenolic OH excluding ortho intramolecular Hbond substituents is 2. The summed E-state index contributed by atoms with van der Waals surface area (Å²) in [4.78, 5) is 12.2. The molecule has 1 aliphatic carbocycles. The molecule has 2 unspecified atom stereocenters. The molecule has 2 aromatic rings. The second-order valence-corrected chi connectivity index (χ2v) is 6.74. The number of ether oxygens (including phenoxy) is 3. The Balaban J connectivity index is 1.89. The first kappa shape index (κ1) is 16.6. The first-order valence-corrected chi connectivity index (χ1v) is 8.46. The van der Waals surface area contributed by atoms with Crippen LogP contribution in [0.3, 0.4) is 0 Å². The highest BCUT2D eigenvalue weighted by atomic mass is 16.5. The van der Waals surface area contributed by atoms with E-state index in [-0.39, 0.29) is 35.2 Å². The van der Waals surface area contributed by atoms with Crippen molar-refractivity contribution in [1.82, 2.24) is 0 Å². The number of aromatic hydroxyl groups is 2. The predicted octanol–water partition coefficient (Wildman–Crippen LogP) is 2.59. The standard InChI is InChI=1S/C20H20O6/c1-24-17-6-10(3-4-15(17)21)19-12-8-16(22)18(25-2)7-11(12)5-13-14(19)9-26-20(13)23/h3-4,6-8,13-14,19,21-22H,5,9H2,1-2H3/t13?,14?,19-/m0/s1. The Morgan fingerprint density at radius 3 is 2.50 bits per heavy atom. The Labute approximate surface area is 150 Å². The number of esters is 1. The molecule has 136 valence electrons. The van der Waals surface area contributed by atoms with E-state index in [1.54, 1.807) is 24.3 Å². The van der Waals surface area contributed by atoms with Crippen molar-refractivity contribution in [2.75, 3.05) is 20.8 Å². The van der Waals surface area contributed by atoms with Crippen LogP contribution < -0.4 is 9.47 Å². The lowest BCUT2D eigenvalue weighted by Gasteiger charge is -2.34. The summed E-state index contributed by atoms with van der Waals surface area (Å²) in [6, 6.07) is 8.67. The zero-order valence-corrected chi connectivity index (χ0v) is 14.6. The van der Waals surface area contributed by atoms with Crippen molar-refractivity contribution >= 4 is 5.97 Å². The van der Waals surface area contributed by atoms with Gasteiger partial charge < -0.3 is 24.4 Å². The van der Waals surface area contributed by atoms with Gasteiger partial charge in [0.25, 0.3) is 0 Å². The van der Waals surface area contributed by atoms with Gasteiger partial charge in [-0.05, 0) is 47.4 Å². The van der Waals surface area contributed by atoms with Crippen LogP contribution >= 0.6 is 0 Å². The summed E-state index contributed by atoms with van der Waals surface area (Å²) in [6.07, 6.45) is 0.557. The number of carbonyl (C=O) groups excluding carboxylic acids is 1. The summed E-state index contributed by atoms with van der Waals surface area (Å²) >= 11 is 0. The molecular formula is C20H20O6. The van der Waals surface area contributed by atoms with Crippen LogP contribution in [0.15, 0.2) is 30.3 Å². The molecule has 6 nitrogen and oxygen atoms in total. The predicted molar refractivity (Wildman–Crippen MR) is 92.8 cm³/mol. The lowest BCUT2D eigenvalue weighted by atomic mass is 9.67. The number of benzene rings is 2. The Morgan fingerprint density at radius 1 is 1.04 bits per heavy atom. The Morgan fingerprint density at radius 2 is 1.77 bits per heavy atom. The average Bonchev–Trinajstić information content (AvgIpc) is 3.00. The van der Waals surface area contributed by atoms with Crippen LogP contribution in [0.4, 0.5) is 0 Å². The number of methoxy groups -OCH3 is 2. The number of cyclic esters (lactones) is 1. The molecule has 4 rings (SSSR count). The molecule has 2 N–H and O–H groups in total. The maximum Gasteiger partial charge on any atom is 0.309 e. The molecule has 0 saturated carbocycles. The fraction of sp³-hybridized carbons (Fsp3) is 0.350. The van der Waals surface area contributed by atoms with E-state index in [0.29, 0.717) is 24.5 Å². The summed E-state index contributed by atoms with van der Waals surface area (Å²) in [5.41, 5.74) is 2.80. The van der Waals surface area contributed by atoms with E-state index in [0.717, 1.165) is 16.7 Å². The van der Waals surface area contributed by atoms with E-state index in [1.165, 1.54) is 14.2 Å². The summed E-state index contributed by atoms with van der Waals surface area (Å²) in [5.74, 6) is 0.263. The molecule has 2 aromatic carbocycles. The van der Waals surface area contributed by atoms with Gasteiger partial charge in [-0.25, -0.2) is 0 Å². The van der Waals surface area contributed by atoms with Crippen molar-refractivity contribution in [3.05, 3.63) is 47.0 Å². The van der Waals surface area contributed by atoms with Crippen molar-refractivity contribution in [2.45, 2.75) is 12.3 Å². The second-order valence-electron chi connectivity index (χ2n) is 6.74. The molecule has 6 heteroatoms. The normalized spacial score (nSPS) is 23.8. The Hall–Kier alpha value is -2.89. The first-order valence-electron chi connectivity index (χ1n) is 8.46. The number of hydrogen-bond acceptors (Lipinski definition) is 6. The molecule has 2 aliphatic rings. The molecule has 1 saturated heterocycles. The van der Waals surface area contributed by atoms with Gasteiger partial charge in [0, 0.05) is 11.8 Å². The molecule has 0 bridgehead atoms. The molecule has 1 aliphatic heterocycles. The van der Waals surface area contributed by atoms with Gasteiger partial charge in [0.15, 0.2) is 23.0 Å². The van der Waals surface area contributed by atoms with Gasteiger partial charge in [-0.2, -0.15) is 0 Å². The van der Waals surface area contributed by atoms with Crippen molar-refractivity contribution in [2.24, 2.45) is 11.8 Å². The zero-order valence-electron chi connectivity index (χ0n) is 14.6. The summed E-state index contributed by atoms with van der Waals surface area (Å²) in [7, 11) is 2.99. The third kappa shape index (κ3) is 2.44. The highest BCUT2D eigenvalue weighted by molar-refractivity contribution is 5.77. The minimum atomic E-state index is -0.235. The quantitative estimate of drug-likeness (QED) is 0.823. The van der Waals surface area contributed by atoms with E-state index in [2.05, 4.69) is 0 Å². The fourth-order valence-corrected chi connectivity index (χ4v) is 4.18. The molecule has 1 fully saturated rings. The first-order chi connectivity index (χ1) is 12.5.